The van der Waals surface area contributed by atoms with Crippen LogP contribution in [0.5, 0.6) is 0 Å². The van der Waals surface area contributed by atoms with Gasteiger partial charge >= 0.3 is 6.03 Å². The minimum atomic E-state index is -0.462. The maximum absolute atomic E-state index is 14.8. The van der Waals surface area contributed by atoms with Crippen molar-refractivity contribution in [1.82, 2.24) is 29.3 Å². The van der Waals surface area contributed by atoms with Crippen LogP contribution in [0.4, 0.5) is 20.6 Å². The van der Waals surface area contributed by atoms with Crippen LogP contribution in [0.2, 0.25) is 0 Å². The van der Waals surface area contributed by atoms with E-state index in [2.05, 4.69) is 61.3 Å². The number of nitrogens with zero attached hydrogens (tertiary/aromatic N) is 5. The topological polar surface area (TPSA) is 94.1 Å². The third-order valence-corrected chi connectivity index (χ3v) is 7.29. The molecule has 0 spiro atoms. The molecule has 1 aliphatic rings. The van der Waals surface area contributed by atoms with Crippen molar-refractivity contribution < 1.29 is 9.18 Å². The van der Waals surface area contributed by atoms with Gasteiger partial charge in [-0.1, -0.05) is 18.1 Å². The predicted octanol–water partition coefficient (Wildman–Crippen LogP) is 4.75. The number of rotatable bonds is 6. The molecule has 1 atom stereocenters. The van der Waals surface area contributed by atoms with Gasteiger partial charge in [0.05, 0.1) is 0 Å². The molecule has 0 radical (unpaired) electrons. The first-order valence-corrected chi connectivity index (χ1v) is 13.6. The van der Waals surface area contributed by atoms with Gasteiger partial charge < -0.3 is 25.1 Å². The summed E-state index contributed by atoms with van der Waals surface area (Å²) < 4.78 is 16.7. The zero-order valence-corrected chi connectivity index (χ0v) is 24.0. The molecule has 0 unspecified atom stereocenters. The molecule has 2 amide bonds. The fourth-order valence-corrected chi connectivity index (χ4v) is 4.90. The summed E-state index contributed by atoms with van der Waals surface area (Å²) in [6, 6.07) is 10.4. The number of anilines is 2. The number of halogens is 1. The van der Waals surface area contributed by atoms with Crippen LogP contribution in [0, 0.1) is 31.5 Å². The van der Waals surface area contributed by atoms with Crippen molar-refractivity contribution in [3.63, 3.8) is 0 Å². The minimum absolute atomic E-state index is 0.330. The number of H-pyrrole nitrogens is 1. The van der Waals surface area contributed by atoms with Gasteiger partial charge in [0.15, 0.2) is 11.6 Å². The quantitative estimate of drug-likeness (QED) is 0.299. The third-order valence-electron chi connectivity index (χ3n) is 7.29. The number of likely N-dealkylation sites (N-methyl/N-ethyl adjacent to an activating group) is 1. The van der Waals surface area contributed by atoms with Gasteiger partial charge in [0.1, 0.15) is 11.5 Å². The first-order chi connectivity index (χ1) is 19.6. The second-order valence-corrected chi connectivity index (χ2v) is 10.8. The summed E-state index contributed by atoms with van der Waals surface area (Å²) in [6.07, 6.45) is 4.69. The van der Waals surface area contributed by atoms with Crippen LogP contribution in [0.1, 0.15) is 34.5 Å². The van der Waals surface area contributed by atoms with E-state index in [0.29, 0.717) is 46.9 Å². The number of imidazole rings is 2. The van der Waals surface area contributed by atoms with Gasteiger partial charge in [0.2, 0.25) is 0 Å². The molecular weight excluding hydrogens is 519 g/mol. The number of carbonyl (C=O) groups is 1. The van der Waals surface area contributed by atoms with Crippen LogP contribution in [-0.2, 0) is 13.6 Å². The lowest BCUT2D eigenvalue weighted by Crippen LogP contribution is -2.31. The SMILES string of the molecule is Cc1cnc(-c2nc(C#Cc3cc(NC(=O)Nc4ccc(CN5CC[C@@H](N(C)C)C5)c(F)c4)ccc3C)cn2C)[nH]1. The summed E-state index contributed by atoms with van der Waals surface area (Å²) in [6.45, 7) is 6.32. The number of aromatic nitrogens is 4. The highest BCUT2D eigenvalue weighted by Gasteiger charge is 2.24. The molecule has 2 aromatic heterocycles. The van der Waals surface area contributed by atoms with Crippen LogP contribution in [-0.4, -0.2) is 68.6 Å². The summed E-state index contributed by atoms with van der Waals surface area (Å²) in [5.41, 5.74) is 4.88. The zero-order chi connectivity index (χ0) is 29.1. The Morgan fingerprint density at radius 3 is 2.59 bits per heavy atom. The number of aryl methyl sites for hydroxylation is 3. The van der Waals surface area contributed by atoms with Gasteiger partial charge in [-0.15, -0.1) is 0 Å². The Hall–Kier alpha value is -4.46. The molecule has 0 saturated carbocycles. The molecule has 1 saturated heterocycles. The Labute approximate surface area is 239 Å². The summed E-state index contributed by atoms with van der Waals surface area (Å²) in [4.78, 5) is 29.3. The summed E-state index contributed by atoms with van der Waals surface area (Å²) >= 11 is 0. The van der Waals surface area contributed by atoms with Crippen LogP contribution in [0.25, 0.3) is 11.6 Å². The number of amides is 2. The number of hydrogen-bond donors (Lipinski definition) is 3. The summed E-state index contributed by atoms with van der Waals surface area (Å²) in [5.74, 6) is 7.32. The Bertz CT molecular complexity index is 1630. The fraction of sp³-hybridized carbons (Fsp3) is 0.323. The largest absolute Gasteiger partial charge is 0.340 e. The highest BCUT2D eigenvalue weighted by Crippen LogP contribution is 2.21. The molecule has 10 heteroatoms. The lowest BCUT2D eigenvalue weighted by molar-refractivity contribution is 0.262. The number of likely N-dealkylation sites (tertiary alicyclic amines) is 1. The van der Waals surface area contributed by atoms with E-state index >= 15 is 0 Å². The first kappa shape index (κ1) is 28.1. The van der Waals surface area contributed by atoms with Crippen LogP contribution >= 0.6 is 0 Å². The molecular formula is C31H35FN8O. The van der Waals surface area contributed by atoms with Crippen molar-refractivity contribution >= 4 is 17.4 Å². The van der Waals surface area contributed by atoms with E-state index in [1.807, 2.05) is 43.8 Å². The molecule has 1 fully saturated rings. The van der Waals surface area contributed by atoms with E-state index in [1.165, 1.54) is 6.07 Å². The smallest absolute Gasteiger partial charge is 0.323 e. The molecule has 3 N–H and O–H groups in total. The van der Waals surface area contributed by atoms with Crippen LogP contribution in [0.15, 0.2) is 48.8 Å². The molecule has 9 nitrogen and oxygen atoms in total. The van der Waals surface area contributed by atoms with Crippen LogP contribution in [0.3, 0.4) is 0 Å². The van der Waals surface area contributed by atoms with Gasteiger partial charge in [-0.05, 0) is 70.1 Å². The number of urea groups is 1. The van der Waals surface area contributed by atoms with E-state index < -0.39 is 6.03 Å². The second kappa shape index (κ2) is 12.0. The van der Waals surface area contributed by atoms with Crippen molar-refractivity contribution in [2.45, 2.75) is 32.9 Å². The molecule has 0 aliphatic carbocycles. The predicted molar refractivity (Wildman–Crippen MR) is 159 cm³/mol. The van der Waals surface area contributed by atoms with Gasteiger partial charge in [0.25, 0.3) is 0 Å². The van der Waals surface area contributed by atoms with Crippen molar-refractivity contribution in [2.24, 2.45) is 7.05 Å². The molecule has 1 aliphatic heterocycles. The maximum Gasteiger partial charge on any atom is 0.323 e. The summed E-state index contributed by atoms with van der Waals surface area (Å²) in [7, 11) is 6.05. The average molecular weight is 555 g/mol. The van der Waals surface area contributed by atoms with E-state index in [9.17, 15) is 9.18 Å². The van der Waals surface area contributed by atoms with E-state index in [0.717, 1.165) is 36.3 Å². The Kier molecular flexibility index (Phi) is 8.19. The molecule has 3 heterocycles. The molecule has 212 valence electrons. The zero-order valence-electron chi connectivity index (χ0n) is 24.0. The number of nitrogens with one attached hydrogen (secondary N) is 3. The maximum atomic E-state index is 14.8. The number of carbonyl (C=O) groups excluding carboxylic acids is 1. The molecule has 0 bridgehead atoms. The fourth-order valence-electron chi connectivity index (χ4n) is 4.90. The highest BCUT2D eigenvalue weighted by molar-refractivity contribution is 5.99. The summed E-state index contributed by atoms with van der Waals surface area (Å²) in [5, 5.41) is 5.54. The van der Waals surface area contributed by atoms with Gasteiger partial charge in [0, 0.05) is 73.3 Å². The number of benzene rings is 2. The standard InChI is InChI=1S/C31H35FN8O/c1-20-6-9-24(14-22(20)7-11-26-18-39(5)30(35-26)29-33-16-21(2)34-29)36-31(41)37-25-10-8-23(28(32)15-25)17-40-13-12-27(19-40)38(3)4/h6,8-10,14-16,18,27H,12-13,17,19H2,1-5H3,(H,33,34)(H2,36,37,41)/t27-/m1/s1. The van der Waals surface area contributed by atoms with Crippen molar-refractivity contribution in [2.75, 3.05) is 37.8 Å². The second-order valence-electron chi connectivity index (χ2n) is 10.8. The average Bonchev–Trinajstić information content (AvgIpc) is 3.66. The van der Waals surface area contributed by atoms with E-state index in [1.54, 1.807) is 24.4 Å². The Balaban J connectivity index is 1.21. The molecule has 4 aromatic rings. The normalized spacial score (nSPS) is 15.1. The lowest BCUT2D eigenvalue weighted by Gasteiger charge is -2.20. The first-order valence-electron chi connectivity index (χ1n) is 13.6. The van der Waals surface area contributed by atoms with Gasteiger partial charge in [-0.2, -0.15) is 0 Å². The Morgan fingerprint density at radius 1 is 1.15 bits per heavy atom. The number of aromatic amines is 1. The van der Waals surface area contributed by atoms with Crippen molar-refractivity contribution in [3.8, 4) is 23.5 Å². The monoisotopic (exact) mass is 554 g/mol. The highest BCUT2D eigenvalue weighted by atomic mass is 19.1. The van der Waals surface area contributed by atoms with E-state index in [4.69, 9.17) is 0 Å². The van der Waals surface area contributed by atoms with Crippen LogP contribution < -0.4 is 10.6 Å². The van der Waals surface area contributed by atoms with Crippen molar-refractivity contribution in [1.29, 1.82) is 0 Å². The van der Waals surface area contributed by atoms with Gasteiger partial charge in [-0.3, -0.25) is 4.90 Å². The molecule has 2 aromatic carbocycles. The molecule has 41 heavy (non-hydrogen) atoms. The minimum Gasteiger partial charge on any atom is -0.340 e. The lowest BCUT2D eigenvalue weighted by atomic mass is 10.1. The Morgan fingerprint density at radius 2 is 1.90 bits per heavy atom. The number of hydrogen-bond acceptors (Lipinski definition) is 5. The van der Waals surface area contributed by atoms with Crippen molar-refractivity contribution in [3.05, 3.63) is 82.7 Å². The molecule has 5 rings (SSSR count). The van der Waals surface area contributed by atoms with E-state index in [-0.39, 0.29) is 5.82 Å². The van der Waals surface area contributed by atoms with Gasteiger partial charge in [-0.25, -0.2) is 19.2 Å². The third kappa shape index (κ3) is 6.82.